The Morgan fingerprint density at radius 2 is 1.59 bits per heavy atom. The highest BCUT2D eigenvalue weighted by Crippen LogP contribution is 2.37. The summed E-state index contributed by atoms with van der Waals surface area (Å²) in [6, 6.07) is 29.2. The second-order valence-corrected chi connectivity index (χ2v) is 10.2. The number of carbonyl (C=O) groups is 2. The summed E-state index contributed by atoms with van der Waals surface area (Å²) in [6.45, 7) is 1.94. The van der Waals surface area contributed by atoms with Crippen molar-refractivity contribution >= 4 is 58.3 Å². The van der Waals surface area contributed by atoms with Gasteiger partial charge in [-0.1, -0.05) is 89.6 Å². The van der Waals surface area contributed by atoms with Crippen LogP contribution >= 0.6 is 35.0 Å². The topological polar surface area (TPSA) is 69.6 Å². The summed E-state index contributed by atoms with van der Waals surface area (Å²) in [5.41, 5.74) is 2.82. The number of urea groups is 1. The van der Waals surface area contributed by atoms with Crippen LogP contribution in [0.4, 0.5) is 16.2 Å². The van der Waals surface area contributed by atoms with Gasteiger partial charge in [0.2, 0.25) is 0 Å². The molecule has 0 aliphatic carbocycles. The van der Waals surface area contributed by atoms with E-state index >= 15 is 0 Å². The van der Waals surface area contributed by atoms with Crippen molar-refractivity contribution in [1.82, 2.24) is 0 Å². The fraction of sp³-hybridized carbons (Fsp3) is 0.103. The number of carbonyl (C=O) groups excluding carboxylic acids is 1. The van der Waals surface area contributed by atoms with Crippen molar-refractivity contribution in [3.8, 4) is 0 Å². The second kappa shape index (κ2) is 12.2. The van der Waals surface area contributed by atoms with Crippen LogP contribution in [0.25, 0.3) is 0 Å². The van der Waals surface area contributed by atoms with Gasteiger partial charge in [-0.25, -0.2) is 4.79 Å². The Labute approximate surface area is 230 Å². The minimum atomic E-state index is -0.862. The second-order valence-electron chi connectivity index (χ2n) is 8.30. The molecule has 0 aliphatic heterocycles. The predicted molar refractivity (Wildman–Crippen MR) is 151 cm³/mol. The van der Waals surface area contributed by atoms with Gasteiger partial charge in [-0.15, -0.1) is 0 Å². The van der Waals surface area contributed by atoms with E-state index in [1.807, 2.05) is 73.7 Å². The molecule has 4 aromatic rings. The van der Waals surface area contributed by atoms with Gasteiger partial charge in [-0.2, -0.15) is 0 Å². The molecule has 0 bridgehead atoms. The van der Waals surface area contributed by atoms with E-state index in [4.69, 9.17) is 28.3 Å². The third-order valence-corrected chi connectivity index (χ3v) is 7.48. The third-order valence-electron chi connectivity index (χ3n) is 5.68. The molecule has 2 amide bonds. The van der Waals surface area contributed by atoms with Crippen LogP contribution in [0.3, 0.4) is 0 Å². The van der Waals surface area contributed by atoms with E-state index in [9.17, 15) is 9.59 Å². The molecular formula is C29H24Cl2N2O3S. The number of benzene rings is 4. The van der Waals surface area contributed by atoms with Gasteiger partial charge in [0.15, 0.2) is 0 Å². The fourth-order valence-corrected chi connectivity index (χ4v) is 5.12. The Morgan fingerprint density at radius 3 is 2.30 bits per heavy atom. The van der Waals surface area contributed by atoms with Crippen LogP contribution in [0.2, 0.25) is 10.0 Å². The van der Waals surface area contributed by atoms with Crippen molar-refractivity contribution < 1.29 is 14.7 Å². The number of hydrogen-bond acceptors (Lipinski definition) is 3. The number of nitrogens with one attached hydrogen (secondary N) is 1. The molecule has 37 heavy (non-hydrogen) atoms. The summed E-state index contributed by atoms with van der Waals surface area (Å²) in [5, 5.41) is 12.6. The summed E-state index contributed by atoms with van der Waals surface area (Å²) in [5.74, 6) is -0.862. The molecule has 4 aromatic carbocycles. The van der Waals surface area contributed by atoms with Crippen molar-refractivity contribution in [2.24, 2.45) is 0 Å². The number of amides is 2. The molecular weight excluding hydrogens is 527 g/mol. The number of carboxylic acids is 1. The van der Waals surface area contributed by atoms with Gasteiger partial charge in [0.25, 0.3) is 0 Å². The molecule has 5 nitrogen and oxygen atoms in total. The van der Waals surface area contributed by atoms with Crippen molar-refractivity contribution in [1.29, 1.82) is 0 Å². The standard InChI is InChI=1S/C29H24Cl2N2O3S/c1-19(21-7-3-2-4-8-21)33(26-12-6-11-25(30)28(26)31)29(36)32-22-9-5-10-24(18-22)37-23-15-13-20(14-16-23)17-27(34)35/h2-16,18-19H,17H2,1H3,(H,32,36)(H,34,35). The van der Waals surface area contributed by atoms with E-state index in [0.29, 0.717) is 21.4 Å². The quantitative estimate of drug-likeness (QED) is 0.230. The molecule has 1 unspecified atom stereocenters. The first kappa shape index (κ1) is 26.6. The fourth-order valence-electron chi connectivity index (χ4n) is 3.86. The zero-order chi connectivity index (χ0) is 26.4. The van der Waals surface area contributed by atoms with Crippen molar-refractivity contribution in [2.45, 2.75) is 29.2 Å². The number of hydrogen-bond donors (Lipinski definition) is 2. The summed E-state index contributed by atoms with van der Waals surface area (Å²) < 4.78 is 0. The lowest BCUT2D eigenvalue weighted by Gasteiger charge is -2.31. The lowest BCUT2D eigenvalue weighted by Crippen LogP contribution is -2.37. The maximum absolute atomic E-state index is 13.6. The molecule has 0 radical (unpaired) electrons. The molecule has 0 aliphatic rings. The zero-order valence-electron chi connectivity index (χ0n) is 19.9. The van der Waals surface area contributed by atoms with Gasteiger partial charge in [-0.05, 0) is 60.5 Å². The highest BCUT2D eigenvalue weighted by molar-refractivity contribution is 7.99. The van der Waals surface area contributed by atoms with Crippen LogP contribution in [0.1, 0.15) is 24.1 Å². The number of nitrogens with zero attached hydrogens (tertiary/aromatic N) is 1. The first-order valence-electron chi connectivity index (χ1n) is 11.5. The molecule has 0 fully saturated rings. The van der Waals surface area contributed by atoms with Crippen LogP contribution in [0.15, 0.2) is 107 Å². The van der Waals surface area contributed by atoms with Gasteiger partial charge in [-0.3, -0.25) is 9.69 Å². The normalized spacial score (nSPS) is 11.5. The van der Waals surface area contributed by atoms with Crippen molar-refractivity contribution in [3.63, 3.8) is 0 Å². The Kier molecular flexibility index (Phi) is 8.77. The van der Waals surface area contributed by atoms with E-state index in [2.05, 4.69) is 5.32 Å². The Hall–Kier alpha value is -3.45. The van der Waals surface area contributed by atoms with Crippen molar-refractivity contribution in [3.05, 3.63) is 118 Å². The van der Waals surface area contributed by atoms with Crippen LogP contribution in [0, 0.1) is 0 Å². The number of aliphatic carboxylic acids is 1. The van der Waals surface area contributed by atoms with E-state index in [-0.39, 0.29) is 18.5 Å². The predicted octanol–water partition coefficient (Wildman–Crippen LogP) is 8.57. The van der Waals surface area contributed by atoms with Gasteiger partial charge in [0, 0.05) is 15.5 Å². The molecule has 188 valence electrons. The van der Waals surface area contributed by atoms with E-state index in [1.54, 1.807) is 35.2 Å². The monoisotopic (exact) mass is 550 g/mol. The SMILES string of the molecule is CC(c1ccccc1)N(C(=O)Nc1cccc(Sc2ccc(CC(=O)O)cc2)c1)c1cccc(Cl)c1Cl. The number of rotatable bonds is 8. The Balaban J connectivity index is 1.57. The molecule has 0 aromatic heterocycles. The minimum absolute atomic E-state index is 0.0129. The lowest BCUT2D eigenvalue weighted by atomic mass is 10.1. The van der Waals surface area contributed by atoms with Crippen LogP contribution in [0.5, 0.6) is 0 Å². The van der Waals surface area contributed by atoms with Crippen LogP contribution in [-0.2, 0) is 11.2 Å². The maximum Gasteiger partial charge on any atom is 0.326 e. The highest BCUT2D eigenvalue weighted by Gasteiger charge is 2.26. The first-order valence-corrected chi connectivity index (χ1v) is 13.1. The van der Waals surface area contributed by atoms with E-state index in [0.717, 1.165) is 20.9 Å². The number of halogens is 2. The number of anilines is 2. The lowest BCUT2D eigenvalue weighted by molar-refractivity contribution is -0.136. The molecule has 0 spiro atoms. The summed E-state index contributed by atoms with van der Waals surface area (Å²) >= 11 is 14.3. The molecule has 4 rings (SSSR count). The Morgan fingerprint density at radius 1 is 0.892 bits per heavy atom. The summed E-state index contributed by atoms with van der Waals surface area (Å²) in [7, 11) is 0. The molecule has 0 saturated heterocycles. The molecule has 8 heteroatoms. The zero-order valence-corrected chi connectivity index (χ0v) is 22.2. The molecule has 0 saturated carbocycles. The van der Waals surface area contributed by atoms with Crippen molar-refractivity contribution in [2.75, 3.05) is 10.2 Å². The van der Waals surface area contributed by atoms with E-state index < -0.39 is 5.97 Å². The summed E-state index contributed by atoms with van der Waals surface area (Å²) in [4.78, 5) is 28.0. The minimum Gasteiger partial charge on any atom is -0.481 e. The highest BCUT2D eigenvalue weighted by atomic mass is 35.5. The van der Waals surface area contributed by atoms with Gasteiger partial charge in [0.1, 0.15) is 0 Å². The molecule has 1 atom stereocenters. The first-order chi connectivity index (χ1) is 17.8. The van der Waals surface area contributed by atoms with Crippen LogP contribution in [-0.4, -0.2) is 17.1 Å². The largest absolute Gasteiger partial charge is 0.481 e. The molecule has 2 N–H and O–H groups in total. The summed E-state index contributed by atoms with van der Waals surface area (Å²) in [6.07, 6.45) is -0.0129. The maximum atomic E-state index is 13.6. The Bertz CT molecular complexity index is 1400. The average molecular weight is 551 g/mol. The molecule has 0 heterocycles. The van der Waals surface area contributed by atoms with Crippen LogP contribution < -0.4 is 10.2 Å². The van der Waals surface area contributed by atoms with Gasteiger partial charge < -0.3 is 10.4 Å². The number of carboxylic acid groups (broad SMARTS) is 1. The smallest absolute Gasteiger partial charge is 0.326 e. The van der Waals surface area contributed by atoms with E-state index in [1.165, 1.54) is 11.8 Å². The van der Waals surface area contributed by atoms with Gasteiger partial charge in [0.05, 0.1) is 28.2 Å². The average Bonchev–Trinajstić information content (AvgIpc) is 2.88. The third kappa shape index (κ3) is 6.86. The van der Waals surface area contributed by atoms with Gasteiger partial charge >= 0.3 is 12.0 Å².